The third kappa shape index (κ3) is 3.21. The largest absolute Gasteiger partial charge is 0.417 e. The fraction of sp³-hybridized carbons (Fsp3) is 0.462. The molecule has 1 aromatic carbocycles. The van der Waals surface area contributed by atoms with Crippen LogP contribution in [0.2, 0.25) is 0 Å². The summed E-state index contributed by atoms with van der Waals surface area (Å²) in [5.74, 6) is -0.641. The number of aliphatic hydroxyl groups is 1. The Kier molecular flexibility index (Phi) is 4.20. The molecule has 3 N–H and O–H groups in total. The molecule has 23 heavy (non-hydrogen) atoms. The van der Waals surface area contributed by atoms with Crippen molar-refractivity contribution >= 4 is 17.3 Å². The second-order valence-electron chi connectivity index (χ2n) is 5.35. The molecule has 0 saturated carbocycles. The standard InChI is InChI=1S/C13H14F3N3O4/c14-13(15,16)12(21)3-5-18(6-4-12)11(20)8-1-2-9(17)10(7-8)19(22)23/h1-2,7,21H,3-6,17H2. The fourth-order valence-corrected chi connectivity index (χ4v) is 2.38. The molecule has 1 saturated heterocycles. The number of nitrogens with zero attached hydrogens (tertiary/aromatic N) is 2. The number of nitro groups is 1. The van der Waals surface area contributed by atoms with E-state index in [0.717, 1.165) is 11.0 Å². The maximum absolute atomic E-state index is 12.7. The number of hydrogen-bond donors (Lipinski definition) is 2. The molecule has 1 amide bonds. The molecule has 0 radical (unpaired) electrons. The van der Waals surface area contributed by atoms with E-state index in [2.05, 4.69) is 0 Å². The van der Waals surface area contributed by atoms with Gasteiger partial charge in [-0.25, -0.2) is 0 Å². The molecular weight excluding hydrogens is 319 g/mol. The van der Waals surface area contributed by atoms with Crippen molar-refractivity contribution in [3.63, 3.8) is 0 Å². The van der Waals surface area contributed by atoms with Gasteiger partial charge >= 0.3 is 6.18 Å². The van der Waals surface area contributed by atoms with Crippen LogP contribution in [0.1, 0.15) is 23.2 Å². The second kappa shape index (κ2) is 5.69. The maximum atomic E-state index is 12.7. The Hall–Kier alpha value is -2.36. The lowest BCUT2D eigenvalue weighted by atomic mass is 9.90. The van der Waals surface area contributed by atoms with Crippen LogP contribution in [0.15, 0.2) is 18.2 Å². The van der Waals surface area contributed by atoms with Gasteiger partial charge in [-0.2, -0.15) is 13.2 Å². The van der Waals surface area contributed by atoms with Gasteiger partial charge in [-0.05, 0) is 12.1 Å². The Balaban J connectivity index is 2.15. The number of piperidine rings is 1. The summed E-state index contributed by atoms with van der Waals surface area (Å²) in [6, 6.07) is 3.46. The Morgan fingerprint density at radius 2 is 1.91 bits per heavy atom. The molecule has 7 nitrogen and oxygen atoms in total. The Morgan fingerprint density at radius 3 is 2.39 bits per heavy atom. The molecular formula is C13H14F3N3O4. The lowest BCUT2D eigenvalue weighted by molar-refractivity contribution is -0.383. The van der Waals surface area contributed by atoms with Crippen molar-refractivity contribution in [3.8, 4) is 0 Å². The number of hydrogen-bond acceptors (Lipinski definition) is 5. The number of nitrogens with two attached hydrogens (primary N) is 1. The number of nitrogen functional groups attached to an aromatic ring is 1. The number of rotatable bonds is 2. The SMILES string of the molecule is Nc1ccc(C(=O)N2CCC(O)(C(F)(F)F)CC2)cc1[N+](=O)[O-]. The summed E-state index contributed by atoms with van der Waals surface area (Å²) in [6.45, 7) is -0.597. The highest BCUT2D eigenvalue weighted by atomic mass is 19.4. The lowest BCUT2D eigenvalue weighted by Crippen LogP contribution is -2.54. The van der Waals surface area contributed by atoms with Crippen molar-refractivity contribution in [2.75, 3.05) is 18.8 Å². The van der Waals surface area contributed by atoms with Crippen LogP contribution in [0.25, 0.3) is 0 Å². The zero-order chi connectivity index (χ0) is 17.4. The first-order chi connectivity index (χ1) is 10.5. The molecule has 2 rings (SSSR count). The molecule has 1 heterocycles. The molecule has 0 aliphatic carbocycles. The van der Waals surface area contributed by atoms with Crippen molar-refractivity contribution < 1.29 is 28.0 Å². The predicted molar refractivity (Wildman–Crippen MR) is 73.7 cm³/mol. The first-order valence-electron chi connectivity index (χ1n) is 6.67. The summed E-state index contributed by atoms with van der Waals surface area (Å²) >= 11 is 0. The van der Waals surface area contributed by atoms with Crippen molar-refractivity contribution in [2.45, 2.75) is 24.6 Å². The van der Waals surface area contributed by atoms with Crippen LogP contribution in [0, 0.1) is 10.1 Å². The van der Waals surface area contributed by atoms with Gasteiger partial charge < -0.3 is 15.7 Å². The van der Waals surface area contributed by atoms with Gasteiger partial charge in [0, 0.05) is 37.6 Å². The highest BCUT2D eigenvalue weighted by Gasteiger charge is 2.54. The zero-order valence-electron chi connectivity index (χ0n) is 11.8. The summed E-state index contributed by atoms with van der Waals surface area (Å²) in [6.07, 6.45) is -6.04. The van der Waals surface area contributed by atoms with E-state index in [1.54, 1.807) is 0 Å². The molecule has 126 valence electrons. The summed E-state index contributed by atoms with van der Waals surface area (Å²) in [4.78, 5) is 23.4. The monoisotopic (exact) mass is 333 g/mol. The maximum Gasteiger partial charge on any atom is 0.417 e. The van der Waals surface area contributed by atoms with E-state index in [1.165, 1.54) is 12.1 Å². The fourth-order valence-electron chi connectivity index (χ4n) is 2.38. The Labute approximate surface area is 128 Å². The van der Waals surface area contributed by atoms with Gasteiger partial charge in [-0.3, -0.25) is 14.9 Å². The van der Waals surface area contributed by atoms with Crippen LogP contribution < -0.4 is 5.73 Å². The molecule has 1 aliphatic rings. The molecule has 0 atom stereocenters. The van der Waals surface area contributed by atoms with Gasteiger partial charge in [0.25, 0.3) is 11.6 Å². The minimum atomic E-state index is -4.76. The number of amides is 1. The normalized spacial score (nSPS) is 17.8. The van der Waals surface area contributed by atoms with Crippen LogP contribution in [-0.4, -0.2) is 45.7 Å². The van der Waals surface area contributed by atoms with E-state index < -0.39 is 41.1 Å². The van der Waals surface area contributed by atoms with Gasteiger partial charge in [0.15, 0.2) is 5.60 Å². The number of anilines is 1. The van der Waals surface area contributed by atoms with E-state index in [4.69, 9.17) is 5.73 Å². The average molecular weight is 333 g/mol. The predicted octanol–water partition coefficient (Wildman–Crippen LogP) is 1.71. The number of nitro benzene ring substituents is 1. The van der Waals surface area contributed by atoms with Crippen molar-refractivity contribution in [1.29, 1.82) is 0 Å². The number of carbonyl (C=O) groups is 1. The minimum Gasteiger partial charge on any atom is -0.393 e. The van der Waals surface area contributed by atoms with E-state index in [9.17, 15) is 33.2 Å². The first kappa shape index (κ1) is 17.0. The molecule has 0 bridgehead atoms. The molecule has 0 spiro atoms. The summed E-state index contributed by atoms with van der Waals surface area (Å²) < 4.78 is 38.2. The van der Waals surface area contributed by atoms with Crippen molar-refractivity contribution in [2.24, 2.45) is 0 Å². The third-order valence-electron chi connectivity index (χ3n) is 3.88. The van der Waals surface area contributed by atoms with Gasteiger partial charge in [0.2, 0.25) is 0 Å². The van der Waals surface area contributed by atoms with E-state index >= 15 is 0 Å². The quantitative estimate of drug-likeness (QED) is 0.486. The van der Waals surface area contributed by atoms with Gasteiger partial charge in [0.1, 0.15) is 5.69 Å². The molecule has 1 aromatic rings. The van der Waals surface area contributed by atoms with Gasteiger partial charge in [-0.1, -0.05) is 0 Å². The highest BCUT2D eigenvalue weighted by Crippen LogP contribution is 2.38. The Morgan fingerprint density at radius 1 is 1.35 bits per heavy atom. The number of likely N-dealkylation sites (tertiary alicyclic amines) is 1. The summed E-state index contributed by atoms with van der Waals surface area (Å²) in [5.41, 5.74) is 2.02. The summed E-state index contributed by atoms with van der Waals surface area (Å²) in [5, 5.41) is 20.4. The smallest absolute Gasteiger partial charge is 0.393 e. The number of alkyl halides is 3. The van der Waals surface area contributed by atoms with Crippen molar-refractivity contribution in [3.05, 3.63) is 33.9 Å². The van der Waals surface area contributed by atoms with Crippen LogP contribution >= 0.6 is 0 Å². The van der Waals surface area contributed by atoms with Crippen LogP contribution in [-0.2, 0) is 0 Å². The van der Waals surface area contributed by atoms with Crippen LogP contribution in [0.3, 0.4) is 0 Å². The zero-order valence-corrected chi connectivity index (χ0v) is 11.8. The minimum absolute atomic E-state index is 0.0386. The molecule has 1 aliphatic heterocycles. The first-order valence-corrected chi connectivity index (χ1v) is 6.67. The van der Waals surface area contributed by atoms with Gasteiger partial charge in [-0.15, -0.1) is 0 Å². The average Bonchev–Trinajstić information content (AvgIpc) is 2.46. The third-order valence-corrected chi connectivity index (χ3v) is 3.88. The van der Waals surface area contributed by atoms with E-state index in [1.807, 2.05) is 0 Å². The number of halogens is 3. The Bertz CT molecular complexity index is 640. The molecule has 0 unspecified atom stereocenters. The van der Waals surface area contributed by atoms with Gasteiger partial charge in [0.05, 0.1) is 4.92 Å². The number of benzene rings is 1. The van der Waals surface area contributed by atoms with Crippen LogP contribution in [0.5, 0.6) is 0 Å². The second-order valence-corrected chi connectivity index (χ2v) is 5.35. The highest BCUT2D eigenvalue weighted by molar-refractivity contribution is 5.95. The van der Waals surface area contributed by atoms with E-state index in [-0.39, 0.29) is 24.3 Å². The summed E-state index contributed by atoms with van der Waals surface area (Å²) in [7, 11) is 0. The topological polar surface area (TPSA) is 110 Å². The number of carbonyl (C=O) groups excluding carboxylic acids is 1. The molecule has 1 fully saturated rings. The van der Waals surface area contributed by atoms with Crippen LogP contribution in [0.4, 0.5) is 24.5 Å². The lowest BCUT2D eigenvalue weighted by Gasteiger charge is -2.39. The van der Waals surface area contributed by atoms with E-state index in [0.29, 0.717) is 0 Å². The molecule has 0 aromatic heterocycles. The molecule has 10 heteroatoms. The van der Waals surface area contributed by atoms with Crippen molar-refractivity contribution in [1.82, 2.24) is 4.90 Å².